The van der Waals surface area contributed by atoms with Crippen molar-refractivity contribution >= 4 is 5.91 Å². The largest absolute Gasteiger partial charge is 0.370 e. The van der Waals surface area contributed by atoms with Gasteiger partial charge in [0.25, 0.3) is 5.91 Å². The van der Waals surface area contributed by atoms with E-state index in [0.29, 0.717) is 51.6 Å². The molecule has 2 aliphatic heterocycles. The van der Waals surface area contributed by atoms with Crippen LogP contribution < -0.4 is 5.73 Å². The van der Waals surface area contributed by atoms with E-state index in [1.165, 1.54) is 0 Å². The average Bonchev–Trinajstić information content (AvgIpc) is 3.34. The molecule has 3 atom stereocenters. The molecule has 4 rings (SSSR count). The zero-order chi connectivity index (χ0) is 23.0. The number of hydrogen-bond donors (Lipinski definition) is 1. The summed E-state index contributed by atoms with van der Waals surface area (Å²) in [6.45, 7) is 9.54. The second-order valence-electron chi connectivity index (χ2n) is 8.43. The Morgan fingerprint density at radius 1 is 1.25 bits per heavy atom. The number of carbonyl (C=O) groups excluding carboxylic acids is 1. The Bertz CT molecular complexity index is 991. The van der Waals surface area contributed by atoms with Crippen molar-refractivity contribution in [3.8, 4) is 0 Å². The number of fused-ring (bicyclic) bond motifs is 1. The van der Waals surface area contributed by atoms with E-state index in [4.69, 9.17) is 15.5 Å². The predicted octanol–water partition coefficient (Wildman–Crippen LogP) is 2.84. The van der Waals surface area contributed by atoms with Gasteiger partial charge in [0.2, 0.25) is 0 Å². The monoisotopic (exact) mass is 447 g/mol. The van der Waals surface area contributed by atoms with E-state index in [-0.39, 0.29) is 17.5 Å². The van der Waals surface area contributed by atoms with Crippen LogP contribution in [0, 0.1) is 11.6 Å². The van der Waals surface area contributed by atoms with Gasteiger partial charge in [-0.15, -0.1) is 0 Å². The van der Waals surface area contributed by atoms with E-state index < -0.39 is 23.8 Å². The molecule has 1 aromatic heterocycles. The molecule has 9 heteroatoms. The molecule has 1 amide bonds. The number of rotatable bonds is 6. The van der Waals surface area contributed by atoms with E-state index >= 15 is 0 Å². The highest BCUT2D eigenvalue weighted by Crippen LogP contribution is 2.34. The summed E-state index contributed by atoms with van der Waals surface area (Å²) < 4.78 is 35.8. The molecule has 3 heterocycles. The molecule has 0 radical (unpaired) electrons. The number of amides is 1. The number of ether oxygens (including phenoxy) is 1. The summed E-state index contributed by atoms with van der Waals surface area (Å²) in [6, 6.07) is 2.95. The van der Waals surface area contributed by atoms with Crippen molar-refractivity contribution in [3.63, 3.8) is 0 Å². The summed E-state index contributed by atoms with van der Waals surface area (Å²) in [6.07, 6.45) is -0.0739. The summed E-state index contributed by atoms with van der Waals surface area (Å²) in [5.74, 6) is -0.558. The van der Waals surface area contributed by atoms with Crippen LogP contribution in [0.3, 0.4) is 0 Å². The highest BCUT2D eigenvalue weighted by molar-refractivity contribution is 5.91. The number of benzene rings is 1. The van der Waals surface area contributed by atoms with Crippen molar-refractivity contribution in [3.05, 3.63) is 52.6 Å². The van der Waals surface area contributed by atoms with Gasteiger partial charge in [0, 0.05) is 50.4 Å². The summed E-state index contributed by atoms with van der Waals surface area (Å²) in [7, 11) is 0. The first-order valence-corrected chi connectivity index (χ1v) is 11.3. The van der Waals surface area contributed by atoms with Gasteiger partial charge in [-0.2, -0.15) is 0 Å². The van der Waals surface area contributed by atoms with Gasteiger partial charge in [-0.3, -0.25) is 9.69 Å². The summed E-state index contributed by atoms with van der Waals surface area (Å²) in [5, 5.41) is 0. The fourth-order valence-electron chi connectivity index (χ4n) is 4.85. The van der Waals surface area contributed by atoms with Crippen molar-refractivity contribution in [2.45, 2.75) is 65.0 Å². The summed E-state index contributed by atoms with van der Waals surface area (Å²) in [4.78, 5) is 21.6. The molecule has 2 aliphatic rings. The van der Waals surface area contributed by atoms with Gasteiger partial charge in [0.15, 0.2) is 5.82 Å². The Hall–Kier alpha value is -2.36. The number of nitrogens with zero attached hydrogens (tertiary/aromatic N) is 4. The second kappa shape index (κ2) is 9.25. The highest BCUT2D eigenvalue weighted by Gasteiger charge is 2.38. The Morgan fingerprint density at radius 2 is 2.00 bits per heavy atom. The molecule has 174 valence electrons. The van der Waals surface area contributed by atoms with Crippen molar-refractivity contribution in [1.82, 2.24) is 19.4 Å². The van der Waals surface area contributed by atoms with Gasteiger partial charge in [0.05, 0.1) is 18.0 Å². The van der Waals surface area contributed by atoms with Crippen LogP contribution in [-0.2, 0) is 24.4 Å². The SMILES string of the molecule is CCN(CC)C(=O)c1nc2c(n1CC)CN([C@H]1CO[C@H](c3cc(F)ccc3F)[C@@H](N)C1)C2. The van der Waals surface area contributed by atoms with E-state index in [2.05, 4.69) is 4.90 Å². The Kier molecular flexibility index (Phi) is 6.60. The molecule has 7 nitrogen and oxygen atoms in total. The van der Waals surface area contributed by atoms with Crippen molar-refractivity contribution in [2.24, 2.45) is 5.73 Å². The van der Waals surface area contributed by atoms with Gasteiger partial charge in [-0.1, -0.05) is 0 Å². The normalized spacial score (nSPS) is 23.4. The smallest absolute Gasteiger partial charge is 0.289 e. The lowest BCUT2D eigenvalue weighted by Gasteiger charge is -2.38. The Morgan fingerprint density at radius 3 is 2.66 bits per heavy atom. The maximum Gasteiger partial charge on any atom is 0.289 e. The summed E-state index contributed by atoms with van der Waals surface area (Å²) in [5.41, 5.74) is 8.47. The quantitative estimate of drug-likeness (QED) is 0.737. The van der Waals surface area contributed by atoms with Crippen molar-refractivity contribution in [1.29, 1.82) is 0 Å². The number of nitrogens with two attached hydrogens (primary N) is 1. The van der Waals surface area contributed by atoms with Gasteiger partial charge >= 0.3 is 0 Å². The summed E-state index contributed by atoms with van der Waals surface area (Å²) >= 11 is 0. The van der Waals surface area contributed by atoms with E-state index in [1.807, 2.05) is 25.3 Å². The number of carbonyl (C=O) groups is 1. The van der Waals surface area contributed by atoms with Gasteiger partial charge in [-0.25, -0.2) is 13.8 Å². The minimum Gasteiger partial charge on any atom is -0.370 e. The minimum absolute atomic E-state index is 0.0409. The molecular weight excluding hydrogens is 416 g/mol. The van der Waals surface area contributed by atoms with E-state index in [0.717, 1.165) is 29.6 Å². The lowest BCUT2D eigenvalue weighted by atomic mass is 9.93. The second-order valence-corrected chi connectivity index (χ2v) is 8.43. The van der Waals surface area contributed by atoms with Crippen molar-refractivity contribution < 1.29 is 18.3 Å². The van der Waals surface area contributed by atoms with Gasteiger partial charge in [-0.05, 0) is 45.4 Å². The first-order valence-electron chi connectivity index (χ1n) is 11.3. The zero-order valence-electron chi connectivity index (χ0n) is 18.9. The molecule has 0 aliphatic carbocycles. The van der Waals surface area contributed by atoms with Crippen LogP contribution in [0.5, 0.6) is 0 Å². The lowest BCUT2D eigenvalue weighted by Crippen LogP contribution is -2.48. The van der Waals surface area contributed by atoms with E-state index in [1.54, 1.807) is 4.90 Å². The van der Waals surface area contributed by atoms with Crippen LogP contribution in [0.4, 0.5) is 8.78 Å². The fourth-order valence-corrected chi connectivity index (χ4v) is 4.85. The van der Waals surface area contributed by atoms with Gasteiger partial charge in [0.1, 0.15) is 17.7 Å². The Labute approximate surface area is 187 Å². The number of halogens is 2. The number of imidazole rings is 1. The van der Waals surface area contributed by atoms with Crippen LogP contribution in [0.25, 0.3) is 0 Å². The lowest BCUT2D eigenvalue weighted by molar-refractivity contribution is -0.0535. The maximum absolute atomic E-state index is 14.2. The van der Waals surface area contributed by atoms with Crippen molar-refractivity contribution in [2.75, 3.05) is 19.7 Å². The third-order valence-electron chi connectivity index (χ3n) is 6.60. The number of aromatic nitrogens is 2. The molecule has 1 fully saturated rings. The molecule has 2 N–H and O–H groups in total. The van der Waals surface area contributed by atoms with Crippen LogP contribution in [0.2, 0.25) is 0 Å². The van der Waals surface area contributed by atoms with Crippen LogP contribution >= 0.6 is 0 Å². The van der Waals surface area contributed by atoms with Crippen LogP contribution in [-0.4, -0.2) is 57.0 Å². The molecule has 1 saturated heterocycles. The molecule has 0 bridgehead atoms. The zero-order valence-corrected chi connectivity index (χ0v) is 18.9. The molecule has 0 saturated carbocycles. The average molecular weight is 448 g/mol. The Balaban J connectivity index is 1.46. The number of hydrogen-bond acceptors (Lipinski definition) is 5. The van der Waals surface area contributed by atoms with Gasteiger partial charge < -0.3 is 19.9 Å². The molecule has 32 heavy (non-hydrogen) atoms. The minimum atomic E-state index is -0.673. The molecule has 2 aromatic rings. The first-order chi connectivity index (χ1) is 15.4. The third-order valence-corrected chi connectivity index (χ3v) is 6.60. The molecule has 0 spiro atoms. The highest BCUT2D eigenvalue weighted by atomic mass is 19.1. The predicted molar refractivity (Wildman–Crippen MR) is 116 cm³/mol. The fraction of sp³-hybridized carbons (Fsp3) is 0.565. The third kappa shape index (κ3) is 4.04. The van der Waals surface area contributed by atoms with Crippen LogP contribution in [0.1, 0.15) is 60.9 Å². The standard InChI is InChI=1S/C23H31F2N5O2/c1-4-28(5-2)23(31)22-27-19-11-29(12-20(19)30(22)6-3)15-10-18(26)21(32-13-15)16-9-14(24)7-8-17(16)25/h7-9,15,18,21H,4-6,10-13,26H2,1-3H3/t15-,18+,21-/m1/s1. The molecular formula is C23H31F2N5O2. The molecule has 0 unspecified atom stereocenters. The van der Waals surface area contributed by atoms with Crippen LogP contribution in [0.15, 0.2) is 18.2 Å². The maximum atomic E-state index is 14.2. The molecule has 1 aromatic carbocycles. The topological polar surface area (TPSA) is 76.6 Å². The first kappa shape index (κ1) is 22.8. The van der Waals surface area contributed by atoms with E-state index in [9.17, 15) is 13.6 Å².